The summed E-state index contributed by atoms with van der Waals surface area (Å²) in [4.78, 5) is 47.3. The molecule has 2 amide bonds. The first-order chi connectivity index (χ1) is 16.2. The third kappa shape index (κ3) is 4.87. The number of piperidine rings is 1. The zero-order valence-electron chi connectivity index (χ0n) is 19.5. The van der Waals surface area contributed by atoms with E-state index < -0.39 is 11.2 Å². The van der Waals surface area contributed by atoms with Gasteiger partial charge in [-0.3, -0.25) is 14.4 Å². The van der Waals surface area contributed by atoms with Crippen molar-refractivity contribution in [2.24, 2.45) is 11.3 Å². The van der Waals surface area contributed by atoms with E-state index in [1.807, 2.05) is 13.8 Å². The van der Waals surface area contributed by atoms with Crippen LogP contribution in [0.15, 0.2) is 24.5 Å². The van der Waals surface area contributed by atoms with Gasteiger partial charge in [0.2, 0.25) is 5.91 Å². The number of H-pyrrole nitrogens is 1. The Labute approximate surface area is 203 Å². The van der Waals surface area contributed by atoms with Crippen LogP contribution in [0.25, 0.3) is 0 Å². The minimum atomic E-state index is -0.496. The van der Waals surface area contributed by atoms with Gasteiger partial charge in [0.1, 0.15) is 17.2 Å². The van der Waals surface area contributed by atoms with Crippen molar-refractivity contribution in [1.29, 1.82) is 0 Å². The smallest absolute Gasteiger partial charge is 0.270 e. The summed E-state index contributed by atoms with van der Waals surface area (Å²) in [6.07, 6.45) is 5.93. The van der Waals surface area contributed by atoms with E-state index in [-0.39, 0.29) is 46.0 Å². The molecule has 0 unspecified atom stereocenters. The number of rotatable bonds is 6. The van der Waals surface area contributed by atoms with Gasteiger partial charge in [0.05, 0.1) is 17.0 Å². The Morgan fingerprint density at radius 3 is 2.71 bits per heavy atom. The fourth-order valence-electron chi connectivity index (χ4n) is 5.18. The highest BCUT2D eigenvalue weighted by Crippen LogP contribution is 2.46. The predicted molar refractivity (Wildman–Crippen MR) is 128 cm³/mol. The van der Waals surface area contributed by atoms with Gasteiger partial charge >= 0.3 is 0 Å². The minimum absolute atomic E-state index is 0.0205. The quantitative estimate of drug-likeness (QED) is 0.564. The van der Waals surface area contributed by atoms with E-state index in [9.17, 15) is 18.8 Å². The number of anilines is 1. The zero-order chi connectivity index (χ0) is 24.5. The van der Waals surface area contributed by atoms with Gasteiger partial charge in [-0.25, -0.2) is 9.37 Å². The standard InChI is InChI=1S/C25H30ClFN4O3/c1-15(2)12-20(32)21-22(29-14-28-21)23(33)30-17-6-9-25(10-7-17)8-3-11-31(24(25)34)19-5-4-16(27)13-18(19)26/h4-5,13-15,17H,3,6-12H2,1-2H3,(H,28,29)(H,30,33). The van der Waals surface area contributed by atoms with Crippen LogP contribution in [-0.2, 0) is 4.79 Å². The summed E-state index contributed by atoms with van der Waals surface area (Å²) in [5.74, 6) is -0.744. The van der Waals surface area contributed by atoms with Gasteiger partial charge in [-0.05, 0) is 62.6 Å². The fourth-order valence-corrected chi connectivity index (χ4v) is 5.45. The van der Waals surface area contributed by atoms with E-state index in [0.717, 1.165) is 12.8 Å². The van der Waals surface area contributed by atoms with Crippen molar-refractivity contribution in [3.05, 3.63) is 46.8 Å². The van der Waals surface area contributed by atoms with E-state index in [0.29, 0.717) is 44.3 Å². The lowest BCUT2D eigenvalue weighted by molar-refractivity contribution is -0.132. The highest BCUT2D eigenvalue weighted by Gasteiger charge is 2.46. The van der Waals surface area contributed by atoms with Crippen LogP contribution in [-0.4, -0.2) is 40.2 Å². The molecule has 7 nitrogen and oxygen atoms in total. The first-order valence-corrected chi connectivity index (χ1v) is 12.2. The average molecular weight is 489 g/mol. The summed E-state index contributed by atoms with van der Waals surface area (Å²) in [7, 11) is 0. The number of carbonyl (C=O) groups is 3. The lowest BCUT2D eigenvalue weighted by Gasteiger charge is -2.45. The van der Waals surface area contributed by atoms with Crippen LogP contribution in [0.3, 0.4) is 0 Å². The number of nitrogens with one attached hydrogen (secondary N) is 2. The number of hydrogen-bond donors (Lipinski definition) is 2. The van der Waals surface area contributed by atoms with Crippen LogP contribution in [0, 0.1) is 17.2 Å². The number of halogens is 2. The Balaban J connectivity index is 1.40. The molecule has 2 aromatic rings. The Kier molecular flexibility index (Phi) is 7.07. The normalized spacial score (nSPS) is 22.9. The molecule has 2 fully saturated rings. The lowest BCUT2D eigenvalue weighted by atomic mass is 9.67. The fraction of sp³-hybridized carbons (Fsp3) is 0.520. The summed E-state index contributed by atoms with van der Waals surface area (Å²) in [5, 5.41) is 3.25. The van der Waals surface area contributed by atoms with Crippen LogP contribution in [0.1, 0.15) is 79.8 Å². The van der Waals surface area contributed by atoms with Gasteiger partial charge in [-0.2, -0.15) is 0 Å². The molecule has 1 spiro atoms. The summed E-state index contributed by atoms with van der Waals surface area (Å²) >= 11 is 6.23. The number of hydrogen-bond acceptors (Lipinski definition) is 4. The van der Waals surface area contributed by atoms with Crippen LogP contribution < -0.4 is 10.2 Å². The number of carbonyl (C=O) groups excluding carboxylic acids is 3. The maximum absolute atomic E-state index is 13.5. The molecule has 1 aliphatic heterocycles. The molecule has 1 aliphatic carbocycles. The summed E-state index contributed by atoms with van der Waals surface area (Å²) < 4.78 is 13.5. The van der Waals surface area contributed by atoms with Crippen molar-refractivity contribution in [3.8, 4) is 0 Å². The number of aromatic nitrogens is 2. The molecule has 2 aliphatic rings. The Hall–Kier alpha value is -2.74. The molecule has 182 valence electrons. The van der Waals surface area contributed by atoms with E-state index in [2.05, 4.69) is 15.3 Å². The zero-order valence-corrected chi connectivity index (χ0v) is 20.3. The van der Waals surface area contributed by atoms with E-state index >= 15 is 0 Å². The molecular weight excluding hydrogens is 459 g/mol. The number of nitrogens with zero attached hydrogens (tertiary/aromatic N) is 2. The number of benzene rings is 1. The van der Waals surface area contributed by atoms with Crippen molar-refractivity contribution < 1.29 is 18.8 Å². The van der Waals surface area contributed by atoms with E-state index in [1.165, 1.54) is 18.5 Å². The second-order valence-corrected chi connectivity index (χ2v) is 10.2. The number of Topliss-reactive ketones (excluding diaryl/α,β-unsaturated/α-hetero) is 1. The van der Waals surface area contributed by atoms with Crippen LogP contribution >= 0.6 is 11.6 Å². The van der Waals surface area contributed by atoms with Crippen molar-refractivity contribution in [1.82, 2.24) is 15.3 Å². The van der Waals surface area contributed by atoms with Gasteiger partial charge < -0.3 is 15.2 Å². The van der Waals surface area contributed by atoms with E-state index in [4.69, 9.17) is 11.6 Å². The molecule has 0 bridgehead atoms. The van der Waals surface area contributed by atoms with Crippen LogP contribution in [0.2, 0.25) is 5.02 Å². The topological polar surface area (TPSA) is 95.2 Å². The van der Waals surface area contributed by atoms with Gasteiger partial charge in [0, 0.05) is 24.4 Å². The summed E-state index contributed by atoms with van der Waals surface area (Å²) in [6.45, 7) is 4.44. The maximum Gasteiger partial charge on any atom is 0.270 e. The maximum atomic E-state index is 13.5. The summed E-state index contributed by atoms with van der Waals surface area (Å²) in [5.41, 5.74) is 0.411. The van der Waals surface area contributed by atoms with E-state index in [1.54, 1.807) is 11.0 Å². The van der Waals surface area contributed by atoms with Crippen molar-refractivity contribution in [2.45, 2.75) is 64.8 Å². The largest absolute Gasteiger partial charge is 0.348 e. The van der Waals surface area contributed by atoms with Crippen LogP contribution in [0.4, 0.5) is 10.1 Å². The van der Waals surface area contributed by atoms with Gasteiger partial charge in [0.15, 0.2) is 5.78 Å². The third-order valence-corrected chi connectivity index (χ3v) is 7.24. The van der Waals surface area contributed by atoms with Crippen molar-refractivity contribution in [3.63, 3.8) is 0 Å². The number of ketones is 1. The molecule has 0 radical (unpaired) electrons. The average Bonchev–Trinajstić information content (AvgIpc) is 3.28. The molecule has 0 atom stereocenters. The molecule has 1 aromatic heterocycles. The molecule has 9 heteroatoms. The third-order valence-electron chi connectivity index (χ3n) is 6.94. The monoisotopic (exact) mass is 488 g/mol. The summed E-state index contributed by atoms with van der Waals surface area (Å²) in [6, 6.07) is 4.01. The van der Waals surface area contributed by atoms with Crippen molar-refractivity contribution in [2.75, 3.05) is 11.4 Å². The van der Waals surface area contributed by atoms with Gasteiger partial charge in [-0.15, -0.1) is 0 Å². The predicted octanol–water partition coefficient (Wildman–Crippen LogP) is 4.92. The van der Waals surface area contributed by atoms with Gasteiger partial charge in [0.25, 0.3) is 5.91 Å². The Morgan fingerprint density at radius 1 is 1.29 bits per heavy atom. The number of imidazole rings is 1. The SMILES string of the molecule is CC(C)CC(=O)c1nc[nH]c1C(=O)NC1CCC2(CCCN(c3ccc(F)cc3Cl)C2=O)CC1. The Morgan fingerprint density at radius 2 is 2.03 bits per heavy atom. The van der Waals surface area contributed by atoms with Crippen molar-refractivity contribution >= 4 is 34.9 Å². The second kappa shape index (κ2) is 9.86. The highest BCUT2D eigenvalue weighted by atomic mass is 35.5. The number of aromatic amines is 1. The molecule has 34 heavy (non-hydrogen) atoms. The second-order valence-electron chi connectivity index (χ2n) is 9.83. The number of amides is 2. The first kappa shape index (κ1) is 24.4. The molecular formula is C25H30ClFN4O3. The molecule has 2 N–H and O–H groups in total. The molecule has 1 saturated carbocycles. The highest BCUT2D eigenvalue weighted by molar-refractivity contribution is 6.33. The Bertz CT molecular complexity index is 1090. The van der Waals surface area contributed by atoms with Gasteiger partial charge in [-0.1, -0.05) is 25.4 Å². The molecule has 1 saturated heterocycles. The molecule has 4 rings (SSSR count). The van der Waals surface area contributed by atoms with Crippen LogP contribution in [0.5, 0.6) is 0 Å². The minimum Gasteiger partial charge on any atom is -0.348 e. The first-order valence-electron chi connectivity index (χ1n) is 11.8. The molecule has 1 aromatic carbocycles. The lowest BCUT2D eigenvalue weighted by Crippen LogP contribution is -2.52. The molecule has 2 heterocycles.